The Morgan fingerprint density at radius 3 is 2.72 bits per heavy atom. The summed E-state index contributed by atoms with van der Waals surface area (Å²) in [6, 6.07) is 10.1. The van der Waals surface area contributed by atoms with Crippen LogP contribution in [0, 0.1) is 0 Å². The monoisotopic (exact) mass is 246 g/mol. The fourth-order valence-electron chi connectivity index (χ4n) is 2.30. The number of amidine groups is 1. The largest absolute Gasteiger partial charge is 0.394 e. The molecule has 2 rings (SSSR count). The Kier molecular flexibility index (Phi) is 4.37. The van der Waals surface area contributed by atoms with Crippen LogP contribution in [0.4, 0.5) is 0 Å². The van der Waals surface area contributed by atoms with Gasteiger partial charge in [0.1, 0.15) is 0 Å². The van der Waals surface area contributed by atoms with Crippen LogP contribution in [0.25, 0.3) is 0 Å². The standard InChI is InChI=1S/C15H22N2O/c1-15(12-18,13-8-4-2-5-9-13)17-14-10-6-3-7-11-16-14/h2,4-5,8-9,18H,3,6-7,10-12H2,1H3,(H,16,17). The summed E-state index contributed by atoms with van der Waals surface area (Å²) in [5.41, 5.74) is 0.657. The van der Waals surface area contributed by atoms with Crippen molar-refractivity contribution in [2.24, 2.45) is 4.99 Å². The molecule has 1 aromatic carbocycles. The SMILES string of the molecule is CC(CO)(NC1=NCCCCC1)c1ccccc1. The van der Waals surface area contributed by atoms with E-state index >= 15 is 0 Å². The van der Waals surface area contributed by atoms with Crippen LogP contribution in [0.3, 0.4) is 0 Å². The lowest BCUT2D eigenvalue weighted by Gasteiger charge is -2.31. The Hall–Kier alpha value is -1.35. The predicted molar refractivity (Wildman–Crippen MR) is 74.8 cm³/mol. The van der Waals surface area contributed by atoms with Gasteiger partial charge < -0.3 is 10.4 Å². The predicted octanol–water partition coefficient (Wildman–Crippen LogP) is 2.46. The highest BCUT2D eigenvalue weighted by Crippen LogP contribution is 2.21. The van der Waals surface area contributed by atoms with Gasteiger partial charge in [0.15, 0.2) is 0 Å². The third-order valence-electron chi connectivity index (χ3n) is 3.52. The zero-order valence-corrected chi connectivity index (χ0v) is 11.0. The van der Waals surface area contributed by atoms with E-state index in [1.807, 2.05) is 37.3 Å². The summed E-state index contributed by atoms with van der Waals surface area (Å²) in [5.74, 6) is 1.04. The number of aliphatic hydroxyl groups is 1. The van der Waals surface area contributed by atoms with Crippen molar-refractivity contribution in [1.82, 2.24) is 5.32 Å². The average molecular weight is 246 g/mol. The molecule has 1 aliphatic rings. The molecule has 1 aliphatic heterocycles. The molecule has 0 bridgehead atoms. The van der Waals surface area contributed by atoms with E-state index in [0.29, 0.717) is 0 Å². The average Bonchev–Trinajstić information content (AvgIpc) is 2.68. The molecule has 0 amide bonds. The second kappa shape index (κ2) is 6.01. The second-order valence-corrected chi connectivity index (χ2v) is 5.12. The van der Waals surface area contributed by atoms with Gasteiger partial charge in [-0.1, -0.05) is 36.8 Å². The molecule has 1 unspecified atom stereocenters. The van der Waals surface area contributed by atoms with Gasteiger partial charge in [0.05, 0.1) is 18.0 Å². The highest BCUT2D eigenvalue weighted by atomic mass is 16.3. The highest BCUT2D eigenvalue weighted by molar-refractivity contribution is 5.83. The van der Waals surface area contributed by atoms with Crippen molar-refractivity contribution >= 4 is 5.84 Å². The molecule has 3 nitrogen and oxygen atoms in total. The van der Waals surface area contributed by atoms with Crippen molar-refractivity contribution in [2.45, 2.75) is 38.1 Å². The first-order valence-corrected chi connectivity index (χ1v) is 6.72. The fraction of sp³-hybridized carbons (Fsp3) is 0.533. The molecule has 0 spiro atoms. The van der Waals surface area contributed by atoms with Crippen molar-refractivity contribution in [1.29, 1.82) is 0 Å². The zero-order chi connectivity index (χ0) is 12.8. The molecule has 18 heavy (non-hydrogen) atoms. The Morgan fingerprint density at radius 2 is 2.00 bits per heavy atom. The Morgan fingerprint density at radius 1 is 1.22 bits per heavy atom. The van der Waals surface area contributed by atoms with E-state index in [0.717, 1.165) is 24.4 Å². The molecule has 0 aromatic heterocycles. The molecule has 1 aromatic rings. The van der Waals surface area contributed by atoms with Crippen molar-refractivity contribution in [3.8, 4) is 0 Å². The molecule has 0 saturated heterocycles. The molecular formula is C15H22N2O. The molecule has 3 heteroatoms. The molecule has 1 heterocycles. The molecule has 0 fully saturated rings. The second-order valence-electron chi connectivity index (χ2n) is 5.12. The van der Waals surface area contributed by atoms with Crippen LogP contribution in [0.1, 0.15) is 38.2 Å². The number of hydrogen-bond donors (Lipinski definition) is 2. The normalized spacial score (nSPS) is 19.6. The Bertz CT molecular complexity index is 402. The van der Waals surface area contributed by atoms with E-state index in [9.17, 15) is 5.11 Å². The quantitative estimate of drug-likeness (QED) is 0.860. The first-order chi connectivity index (χ1) is 8.74. The molecule has 2 N–H and O–H groups in total. The number of rotatable bonds is 3. The van der Waals surface area contributed by atoms with Crippen LogP contribution < -0.4 is 5.32 Å². The van der Waals surface area contributed by atoms with Gasteiger partial charge in [0.2, 0.25) is 0 Å². The van der Waals surface area contributed by atoms with Crippen LogP contribution in [-0.2, 0) is 5.54 Å². The molecule has 98 valence electrons. The van der Waals surface area contributed by atoms with E-state index in [-0.39, 0.29) is 6.61 Å². The van der Waals surface area contributed by atoms with Crippen LogP contribution >= 0.6 is 0 Å². The first kappa shape index (κ1) is 13.1. The number of hydrogen-bond acceptors (Lipinski definition) is 3. The first-order valence-electron chi connectivity index (χ1n) is 6.72. The Balaban J connectivity index is 2.15. The van der Waals surface area contributed by atoms with Crippen LogP contribution in [-0.4, -0.2) is 24.1 Å². The lowest BCUT2D eigenvalue weighted by Crippen LogP contribution is -2.46. The van der Waals surface area contributed by atoms with Gasteiger partial charge in [-0.3, -0.25) is 4.99 Å². The van der Waals surface area contributed by atoms with E-state index in [1.54, 1.807) is 0 Å². The van der Waals surface area contributed by atoms with Crippen LogP contribution in [0.2, 0.25) is 0 Å². The minimum Gasteiger partial charge on any atom is -0.394 e. The third-order valence-corrected chi connectivity index (χ3v) is 3.52. The third kappa shape index (κ3) is 3.10. The van der Waals surface area contributed by atoms with Gasteiger partial charge >= 0.3 is 0 Å². The number of aliphatic hydroxyl groups excluding tert-OH is 1. The number of nitrogens with zero attached hydrogens (tertiary/aromatic N) is 1. The van der Waals surface area contributed by atoms with E-state index in [2.05, 4.69) is 10.3 Å². The maximum Gasteiger partial charge on any atom is 0.0970 e. The summed E-state index contributed by atoms with van der Waals surface area (Å²) in [5, 5.41) is 13.2. The van der Waals surface area contributed by atoms with Gasteiger partial charge in [-0.05, 0) is 25.3 Å². The van der Waals surface area contributed by atoms with Crippen molar-refractivity contribution in [3.05, 3.63) is 35.9 Å². The number of benzene rings is 1. The van der Waals surface area contributed by atoms with Crippen molar-refractivity contribution in [3.63, 3.8) is 0 Å². The summed E-state index contributed by atoms with van der Waals surface area (Å²) in [6.45, 7) is 2.99. The summed E-state index contributed by atoms with van der Waals surface area (Å²) < 4.78 is 0. The highest BCUT2D eigenvalue weighted by Gasteiger charge is 2.26. The van der Waals surface area contributed by atoms with E-state index in [1.165, 1.54) is 19.3 Å². The van der Waals surface area contributed by atoms with E-state index in [4.69, 9.17) is 0 Å². The lowest BCUT2D eigenvalue weighted by molar-refractivity contribution is 0.193. The number of nitrogens with one attached hydrogen (secondary N) is 1. The van der Waals surface area contributed by atoms with Gasteiger partial charge in [0, 0.05) is 13.0 Å². The smallest absolute Gasteiger partial charge is 0.0970 e. The molecular weight excluding hydrogens is 224 g/mol. The molecule has 1 atom stereocenters. The minimum atomic E-state index is -0.440. The number of aliphatic imine (C=N–C) groups is 1. The molecule has 0 aliphatic carbocycles. The van der Waals surface area contributed by atoms with Crippen LogP contribution in [0.15, 0.2) is 35.3 Å². The van der Waals surface area contributed by atoms with Gasteiger partial charge in [-0.2, -0.15) is 0 Å². The summed E-state index contributed by atoms with van der Waals surface area (Å²) in [4.78, 5) is 4.58. The topological polar surface area (TPSA) is 44.6 Å². The Labute approximate surface area is 109 Å². The lowest BCUT2D eigenvalue weighted by atomic mass is 9.92. The molecule has 0 radical (unpaired) electrons. The van der Waals surface area contributed by atoms with Gasteiger partial charge in [-0.15, -0.1) is 0 Å². The maximum atomic E-state index is 9.72. The summed E-state index contributed by atoms with van der Waals surface area (Å²) >= 11 is 0. The summed E-state index contributed by atoms with van der Waals surface area (Å²) in [6.07, 6.45) is 4.59. The van der Waals surface area contributed by atoms with Gasteiger partial charge in [0.25, 0.3) is 0 Å². The van der Waals surface area contributed by atoms with Gasteiger partial charge in [-0.25, -0.2) is 0 Å². The van der Waals surface area contributed by atoms with Crippen molar-refractivity contribution in [2.75, 3.05) is 13.2 Å². The minimum absolute atomic E-state index is 0.0655. The van der Waals surface area contributed by atoms with Crippen LogP contribution in [0.5, 0.6) is 0 Å². The van der Waals surface area contributed by atoms with Crippen molar-refractivity contribution < 1.29 is 5.11 Å². The molecule has 0 saturated carbocycles. The maximum absolute atomic E-state index is 9.72. The van der Waals surface area contributed by atoms with E-state index < -0.39 is 5.54 Å². The zero-order valence-electron chi connectivity index (χ0n) is 11.0. The summed E-state index contributed by atoms with van der Waals surface area (Å²) in [7, 11) is 0. The fourth-order valence-corrected chi connectivity index (χ4v) is 2.30.